The topological polar surface area (TPSA) is 32.3 Å². The molecule has 1 aliphatic heterocycles. The van der Waals surface area contributed by atoms with Crippen LogP contribution in [0.5, 0.6) is 0 Å². The number of benzene rings is 2. The Morgan fingerprint density at radius 3 is 2.73 bits per heavy atom. The van der Waals surface area contributed by atoms with Gasteiger partial charge in [-0.2, -0.15) is 0 Å². The lowest BCUT2D eigenvalue weighted by molar-refractivity contribution is 0.165. The van der Waals surface area contributed by atoms with E-state index in [2.05, 4.69) is 29.6 Å². The number of hydrogen-bond acceptors (Lipinski definition) is 2. The van der Waals surface area contributed by atoms with Gasteiger partial charge >= 0.3 is 0 Å². The Balaban J connectivity index is 1.87. The van der Waals surface area contributed by atoms with Crippen molar-refractivity contribution in [2.24, 2.45) is 0 Å². The molecule has 2 aromatic carbocycles. The minimum absolute atomic E-state index is 0.0913. The molecular weight excluding hydrogens is 294 g/mol. The first kappa shape index (κ1) is 15.1. The highest BCUT2D eigenvalue weighted by molar-refractivity contribution is 6.31. The summed E-state index contributed by atoms with van der Waals surface area (Å²) in [5, 5.41) is 14.6. The molecule has 0 aromatic heterocycles. The van der Waals surface area contributed by atoms with Gasteiger partial charge in [0.15, 0.2) is 0 Å². The molecule has 1 heterocycles. The lowest BCUT2D eigenvalue weighted by Gasteiger charge is -2.17. The van der Waals surface area contributed by atoms with Gasteiger partial charge in [0.1, 0.15) is 0 Å². The summed E-state index contributed by atoms with van der Waals surface area (Å²) in [5.41, 5.74) is 4.40. The molecule has 0 amide bonds. The summed E-state index contributed by atoms with van der Waals surface area (Å²) >= 11 is 6.24. The Kier molecular flexibility index (Phi) is 4.51. The van der Waals surface area contributed by atoms with Gasteiger partial charge in [-0.1, -0.05) is 60.2 Å². The fourth-order valence-electron chi connectivity index (χ4n) is 2.91. The largest absolute Gasteiger partial charge is 0.393 e. The van der Waals surface area contributed by atoms with Crippen molar-refractivity contribution >= 4 is 23.4 Å². The van der Waals surface area contributed by atoms with Gasteiger partial charge in [-0.05, 0) is 36.1 Å². The molecule has 2 N–H and O–H groups in total. The molecule has 2 nitrogen and oxygen atoms in total. The molecule has 0 spiro atoms. The van der Waals surface area contributed by atoms with Crippen LogP contribution in [-0.2, 0) is 6.42 Å². The smallest absolute Gasteiger partial charge is 0.0604 e. The maximum Gasteiger partial charge on any atom is 0.0604 e. The highest BCUT2D eigenvalue weighted by atomic mass is 35.5. The number of fused-ring (bicyclic) bond motifs is 1. The average Bonchev–Trinajstić information content (AvgIpc) is 2.69. The molecule has 0 bridgehead atoms. The van der Waals surface area contributed by atoms with Crippen molar-refractivity contribution in [3.05, 3.63) is 70.3 Å². The second-order valence-electron chi connectivity index (χ2n) is 5.82. The van der Waals surface area contributed by atoms with E-state index in [0.29, 0.717) is 12.8 Å². The third-order valence-electron chi connectivity index (χ3n) is 4.12. The van der Waals surface area contributed by atoms with Crippen molar-refractivity contribution in [2.75, 3.05) is 5.32 Å². The summed E-state index contributed by atoms with van der Waals surface area (Å²) < 4.78 is 0. The number of aliphatic hydroxyl groups is 1. The van der Waals surface area contributed by atoms with E-state index in [1.165, 1.54) is 0 Å². The van der Waals surface area contributed by atoms with E-state index >= 15 is 0 Å². The first-order chi connectivity index (χ1) is 10.6. The first-order valence-corrected chi connectivity index (χ1v) is 7.97. The molecule has 0 saturated heterocycles. The molecule has 0 unspecified atom stereocenters. The molecule has 0 fully saturated rings. The van der Waals surface area contributed by atoms with Crippen LogP contribution in [0.3, 0.4) is 0 Å². The van der Waals surface area contributed by atoms with Gasteiger partial charge in [-0.25, -0.2) is 0 Å². The van der Waals surface area contributed by atoms with E-state index in [4.69, 9.17) is 11.6 Å². The zero-order valence-corrected chi connectivity index (χ0v) is 13.3. The highest BCUT2D eigenvalue weighted by Gasteiger charge is 2.21. The number of nitrogens with one attached hydrogen (secondary N) is 1. The quantitative estimate of drug-likeness (QED) is 0.858. The lowest BCUT2D eigenvalue weighted by atomic mass is 10.0. The molecule has 3 rings (SSSR count). The molecular formula is C19H20ClNO. The second-order valence-corrected chi connectivity index (χ2v) is 6.23. The molecule has 0 saturated carbocycles. The number of aliphatic hydroxyl groups excluding tert-OH is 1. The summed E-state index contributed by atoms with van der Waals surface area (Å²) in [6.45, 7) is 2.02. The van der Waals surface area contributed by atoms with Crippen LogP contribution in [0.15, 0.2) is 48.5 Å². The Hall–Kier alpha value is -1.77. The van der Waals surface area contributed by atoms with Gasteiger partial charge in [-0.3, -0.25) is 0 Å². The van der Waals surface area contributed by atoms with Crippen LogP contribution in [0.1, 0.15) is 23.1 Å². The van der Waals surface area contributed by atoms with Crippen LogP contribution in [0.4, 0.5) is 5.69 Å². The summed E-state index contributed by atoms with van der Waals surface area (Å²) in [7, 11) is 0. The van der Waals surface area contributed by atoms with Crippen molar-refractivity contribution < 1.29 is 5.11 Å². The van der Waals surface area contributed by atoms with Crippen molar-refractivity contribution in [1.82, 2.24) is 0 Å². The average molecular weight is 314 g/mol. The lowest BCUT2D eigenvalue weighted by Crippen LogP contribution is -2.21. The zero-order valence-electron chi connectivity index (χ0n) is 12.6. The molecule has 2 atom stereocenters. The minimum atomic E-state index is -0.347. The van der Waals surface area contributed by atoms with Crippen molar-refractivity contribution in [3.8, 4) is 0 Å². The van der Waals surface area contributed by atoms with E-state index in [0.717, 1.165) is 27.4 Å². The molecule has 0 radical (unpaired) electrons. The number of anilines is 1. The van der Waals surface area contributed by atoms with E-state index in [9.17, 15) is 5.11 Å². The monoisotopic (exact) mass is 313 g/mol. The van der Waals surface area contributed by atoms with E-state index in [1.807, 2.05) is 37.3 Å². The molecule has 1 aliphatic rings. The van der Waals surface area contributed by atoms with Crippen LogP contribution in [-0.4, -0.2) is 17.3 Å². The number of halogens is 1. The Morgan fingerprint density at radius 1 is 1.18 bits per heavy atom. The van der Waals surface area contributed by atoms with Gasteiger partial charge in [0.2, 0.25) is 0 Å². The number of rotatable bonds is 2. The highest BCUT2D eigenvalue weighted by Crippen LogP contribution is 2.32. The third-order valence-corrected chi connectivity index (χ3v) is 4.53. The molecule has 2 aromatic rings. The summed E-state index contributed by atoms with van der Waals surface area (Å²) in [6.07, 6.45) is 5.22. The van der Waals surface area contributed by atoms with Crippen LogP contribution in [0.25, 0.3) is 6.08 Å². The first-order valence-electron chi connectivity index (χ1n) is 7.59. The van der Waals surface area contributed by atoms with E-state index in [1.54, 1.807) is 0 Å². The summed E-state index contributed by atoms with van der Waals surface area (Å²) in [6, 6.07) is 14.2. The van der Waals surface area contributed by atoms with Crippen molar-refractivity contribution in [3.63, 3.8) is 0 Å². The van der Waals surface area contributed by atoms with Crippen molar-refractivity contribution in [1.29, 1.82) is 0 Å². The van der Waals surface area contributed by atoms with Gasteiger partial charge in [-0.15, -0.1) is 0 Å². The standard InChI is InChI=1S/C19H20ClNO/c1-13-18(20)10-8-15-11-17(22)12-16(21-19(13)15)9-7-14-5-3-2-4-6-14/h2-10,16-17,21-22H,11-12H2,1H3/b9-7+/t16-,17+/m1/s1. The fraction of sp³-hybridized carbons (Fsp3) is 0.263. The van der Waals surface area contributed by atoms with Gasteiger partial charge < -0.3 is 10.4 Å². The molecule has 0 aliphatic carbocycles. The van der Waals surface area contributed by atoms with Crippen molar-refractivity contribution in [2.45, 2.75) is 31.9 Å². The fourth-order valence-corrected chi connectivity index (χ4v) is 3.06. The van der Waals surface area contributed by atoms with E-state index < -0.39 is 0 Å². The maximum absolute atomic E-state index is 10.3. The second kappa shape index (κ2) is 6.55. The molecule has 114 valence electrons. The molecule has 22 heavy (non-hydrogen) atoms. The number of hydrogen-bond donors (Lipinski definition) is 2. The van der Waals surface area contributed by atoms with Crippen LogP contribution < -0.4 is 5.32 Å². The Labute approximate surface area is 136 Å². The van der Waals surface area contributed by atoms with E-state index in [-0.39, 0.29) is 12.1 Å². The van der Waals surface area contributed by atoms with Crippen LogP contribution in [0.2, 0.25) is 5.02 Å². The van der Waals surface area contributed by atoms with Crippen LogP contribution >= 0.6 is 11.6 Å². The summed E-state index contributed by atoms with van der Waals surface area (Å²) in [4.78, 5) is 0. The third kappa shape index (κ3) is 3.34. The maximum atomic E-state index is 10.3. The SMILES string of the molecule is Cc1c(Cl)ccc2c1N[C@H](/C=C/c1ccccc1)C[C@@H](O)C2. The Bertz CT molecular complexity index is 681. The normalized spacial score (nSPS) is 21.2. The molecule has 3 heteroatoms. The van der Waals surface area contributed by atoms with Crippen LogP contribution in [0, 0.1) is 6.92 Å². The van der Waals surface area contributed by atoms with Gasteiger partial charge in [0, 0.05) is 23.2 Å². The zero-order chi connectivity index (χ0) is 15.5. The summed E-state index contributed by atoms with van der Waals surface area (Å²) in [5.74, 6) is 0. The minimum Gasteiger partial charge on any atom is -0.393 e. The Morgan fingerprint density at radius 2 is 1.95 bits per heavy atom. The predicted molar refractivity (Wildman–Crippen MR) is 93.4 cm³/mol. The van der Waals surface area contributed by atoms with Gasteiger partial charge in [0.05, 0.1) is 6.10 Å². The predicted octanol–water partition coefficient (Wildman–Crippen LogP) is 4.45. The van der Waals surface area contributed by atoms with Gasteiger partial charge in [0.25, 0.3) is 0 Å².